The monoisotopic (exact) mass is 431 g/mol. The average Bonchev–Trinajstić information content (AvgIpc) is 2.67. The summed E-state index contributed by atoms with van der Waals surface area (Å²) in [6.45, 7) is 8.74. The Kier molecular flexibility index (Phi) is 7.80. The van der Waals surface area contributed by atoms with Crippen LogP contribution in [0.4, 0.5) is 0 Å². The van der Waals surface area contributed by atoms with Gasteiger partial charge < -0.3 is 10.2 Å². The topological polar surface area (TPSA) is 78.5 Å². The predicted octanol–water partition coefficient (Wildman–Crippen LogP) is 3.43. The SMILES string of the molecule is C[C@H](NC(=O)c1cccc(S(=O)(=O)N[C@H](C)c2ccccc2)c1)C(C)(C)CN(C)C. The van der Waals surface area contributed by atoms with Crippen LogP contribution in [0.5, 0.6) is 0 Å². The molecule has 2 aromatic rings. The van der Waals surface area contributed by atoms with Crippen molar-refractivity contribution in [3.8, 4) is 0 Å². The van der Waals surface area contributed by atoms with Crippen LogP contribution in [-0.4, -0.2) is 45.9 Å². The lowest BCUT2D eigenvalue weighted by molar-refractivity contribution is 0.0885. The van der Waals surface area contributed by atoms with E-state index in [1.165, 1.54) is 12.1 Å². The van der Waals surface area contributed by atoms with Crippen LogP contribution >= 0.6 is 0 Å². The number of sulfonamides is 1. The van der Waals surface area contributed by atoms with Gasteiger partial charge in [-0.1, -0.05) is 50.2 Å². The van der Waals surface area contributed by atoms with E-state index < -0.39 is 10.0 Å². The molecule has 2 aromatic carbocycles. The van der Waals surface area contributed by atoms with Crippen molar-refractivity contribution in [1.29, 1.82) is 0 Å². The van der Waals surface area contributed by atoms with Crippen LogP contribution in [0, 0.1) is 5.41 Å². The van der Waals surface area contributed by atoms with Gasteiger partial charge in [0.1, 0.15) is 0 Å². The quantitative estimate of drug-likeness (QED) is 0.638. The highest BCUT2D eigenvalue weighted by molar-refractivity contribution is 7.89. The van der Waals surface area contributed by atoms with Gasteiger partial charge in [-0.25, -0.2) is 13.1 Å². The van der Waals surface area contributed by atoms with Crippen LogP contribution in [0.25, 0.3) is 0 Å². The molecular weight excluding hydrogens is 398 g/mol. The van der Waals surface area contributed by atoms with Gasteiger partial charge >= 0.3 is 0 Å². The Morgan fingerprint density at radius 2 is 1.67 bits per heavy atom. The van der Waals surface area contributed by atoms with Gasteiger partial charge in [-0.05, 0) is 57.1 Å². The lowest BCUT2D eigenvalue weighted by atomic mass is 9.84. The normalized spacial score (nSPS) is 14.4. The van der Waals surface area contributed by atoms with Gasteiger partial charge in [-0.2, -0.15) is 0 Å². The fourth-order valence-corrected chi connectivity index (χ4v) is 4.62. The smallest absolute Gasteiger partial charge is 0.251 e. The van der Waals surface area contributed by atoms with Crippen LogP contribution < -0.4 is 10.0 Å². The Labute approximate surface area is 180 Å². The zero-order valence-corrected chi connectivity index (χ0v) is 19.5. The first-order valence-corrected chi connectivity index (χ1v) is 11.5. The molecule has 2 rings (SSSR count). The fraction of sp³-hybridized carbons (Fsp3) is 0.435. The molecular formula is C23H33N3O3S. The van der Waals surface area contributed by atoms with Crippen LogP contribution in [0.3, 0.4) is 0 Å². The van der Waals surface area contributed by atoms with E-state index in [2.05, 4.69) is 28.8 Å². The number of nitrogens with one attached hydrogen (secondary N) is 2. The van der Waals surface area contributed by atoms with Gasteiger partial charge in [0.25, 0.3) is 5.91 Å². The van der Waals surface area contributed by atoms with Crippen molar-refractivity contribution in [3.05, 3.63) is 65.7 Å². The molecule has 0 bridgehead atoms. The van der Waals surface area contributed by atoms with Gasteiger partial charge in [-0.3, -0.25) is 4.79 Å². The van der Waals surface area contributed by atoms with Crippen LogP contribution in [0.15, 0.2) is 59.5 Å². The Morgan fingerprint density at radius 1 is 1.03 bits per heavy atom. The summed E-state index contributed by atoms with van der Waals surface area (Å²) in [5.74, 6) is -0.289. The minimum absolute atomic E-state index is 0.0677. The maximum Gasteiger partial charge on any atom is 0.251 e. The Hall–Kier alpha value is -2.22. The molecule has 0 unspecified atom stereocenters. The number of hydrogen-bond donors (Lipinski definition) is 2. The van der Waals surface area contributed by atoms with E-state index in [4.69, 9.17) is 0 Å². The van der Waals surface area contributed by atoms with E-state index in [9.17, 15) is 13.2 Å². The number of rotatable bonds is 9. The van der Waals surface area contributed by atoms with Gasteiger partial charge in [0.15, 0.2) is 0 Å². The van der Waals surface area contributed by atoms with Crippen molar-refractivity contribution >= 4 is 15.9 Å². The standard InChI is InChI=1S/C23H33N3O3S/c1-17(19-11-8-7-9-12-19)25-30(28,29)21-14-10-13-20(15-21)22(27)24-18(2)23(3,4)16-26(5)6/h7-15,17-18,25H,16H2,1-6H3,(H,24,27)/t17-,18+/m1/s1. The molecule has 1 amide bonds. The molecule has 2 atom stereocenters. The summed E-state index contributed by atoms with van der Waals surface area (Å²) in [6, 6.07) is 15.0. The molecule has 2 N–H and O–H groups in total. The Morgan fingerprint density at radius 3 is 2.27 bits per heavy atom. The highest BCUT2D eigenvalue weighted by Crippen LogP contribution is 2.22. The zero-order valence-electron chi connectivity index (χ0n) is 18.6. The minimum atomic E-state index is -3.77. The lowest BCUT2D eigenvalue weighted by Gasteiger charge is -2.34. The second-order valence-electron chi connectivity index (χ2n) is 8.70. The average molecular weight is 432 g/mol. The van der Waals surface area contributed by atoms with E-state index >= 15 is 0 Å². The van der Waals surface area contributed by atoms with Crippen molar-refractivity contribution in [2.45, 2.75) is 44.7 Å². The van der Waals surface area contributed by atoms with Crippen molar-refractivity contribution in [2.24, 2.45) is 5.41 Å². The first-order chi connectivity index (χ1) is 13.9. The molecule has 6 nitrogen and oxygen atoms in total. The van der Waals surface area contributed by atoms with Crippen molar-refractivity contribution < 1.29 is 13.2 Å². The highest BCUT2D eigenvalue weighted by Gasteiger charge is 2.28. The summed E-state index contributed by atoms with van der Waals surface area (Å²) in [4.78, 5) is 14.9. The van der Waals surface area contributed by atoms with Crippen molar-refractivity contribution in [1.82, 2.24) is 14.9 Å². The highest BCUT2D eigenvalue weighted by atomic mass is 32.2. The second kappa shape index (κ2) is 9.73. The van der Waals surface area contributed by atoms with Gasteiger partial charge in [0.05, 0.1) is 4.90 Å². The molecule has 0 aromatic heterocycles. The Balaban J connectivity index is 2.15. The third-order valence-electron chi connectivity index (χ3n) is 5.28. The molecule has 164 valence electrons. The molecule has 0 saturated heterocycles. The van der Waals surface area contributed by atoms with Crippen molar-refractivity contribution in [3.63, 3.8) is 0 Å². The molecule has 0 aliphatic rings. The molecule has 0 fully saturated rings. The second-order valence-corrected chi connectivity index (χ2v) is 10.4. The molecule has 0 aliphatic carbocycles. The van der Waals surface area contributed by atoms with Crippen LogP contribution in [-0.2, 0) is 10.0 Å². The van der Waals surface area contributed by atoms with E-state index in [1.54, 1.807) is 19.1 Å². The van der Waals surface area contributed by atoms with Crippen LogP contribution in [0.2, 0.25) is 0 Å². The third kappa shape index (κ3) is 6.39. The number of nitrogens with zero attached hydrogens (tertiary/aromatic N) is 1. The van der Waals surface area contributed by atoms with Gasteiger partial charge in [0.2, 0.25) is 10.0 Å². The third-order valence-corrected chi connectivity index (χ3v) is 6.82. The minimum Gasteiger partial charge on any atom is -0.349 e. The van der Waals surface area contributed by atoms with E-state index in [1.807, 2.05) is 51.4 Å². The predicted molar refractivity (Wildman–Crippen MR) is 121 cm³/mol. The summed E-state index contributed by atoms with van der Waals surface area (Å²) in [6.07, 6.45) is 0. The van der Waals surface area contributed by atoms with Crippen molar-refractivity contribution in [2.75, 3.05) is 20.6 Å². The molecule has 0 spiro atoms. The molecule has 0 heterocycles. The first-order valence-electron chi connectivity index (χ1n) is 10.1. The van der Waals surface area contributed by atoms with Crippen LogP contribution in [0.1, 0.15) is 49.7 Å². The molecule has 0 saturated carbocycles. The number of hydrogen-bond acceptors (Lipinski definition) is 4. The zero-order chi connectivity index (χ0) is 22.5. The maximum absolute atomic E-state index is 12.8. The number of carbonyl (C=O) groups is 1. The number of amides is 1. The summed E-state index contributed by atoms with van der Waals surface area (Å²) in [5.41, 5.74) is 1.04. The van der Waals surface area contributed by atoms with Gasteiger partial charge in [0, 0.05) is 24.2 Å². The summed E-state index contributed by atoms with van der Waals surface area (Å²) < 4.78 is 28.4. The van der Waals surface area contributed by atoms with E-state index in [0.29, 0.717) is 5.56 Å². The lowest BCUT2D eigenvalue weighted by Crippen LogP contribution is -2.47. The summed E-state index contributed by atoms with van der Waals surface area (Å²) in [7, 11) is 0.215. The molecule has 7 heteroatoms. The largest absolute Gasteiger partial charge is 0.349 e. The van der Waals surface area contributed by atoms with E-state index in [0.717, 1.165) is 12.1 Å². The fourth-order valence-electron chi connectivity index (χ4n) is 3.34. The number of benzene rings is 2. The maximum atomic E-state index is 12.8. The Bertz CT molecular complexity index is 957. The summed E-state index contributed by atoms with van der Waals surface area (Å²) >= 11 is 0. The molecule has 30 heavy (non-hydrogen) atoms. The molecule has 0 aliphatic heterocycles. The van der Waals surface area contributed by atoms with E-state index in [-0.39, 0.29) is 28.3 Å². The summed E-state index contributed by atoms with van der Waals surface area (Å²) in [5, 5.41) is 3.01. The molecule has 0 radical (unpaired) electrons. The first kappa shape index (κ1) is 24.1. The number of carbonyl (C=O) groups excluding carboxylic acids is 1. The van der Waals surface area contributed by atoms with Gasteiger partial charge in [-0.15, -0.1) is 0 Å².